The van der Waals surface area contributed by atoms with Gasteiger partial charge in [0, 0.05) is 13.1 Å². The third kappa shape index (κ3) is 2.10. The molecule has 3 heterocycles. The minimum atomic E-state index is -0.0998. The zero-order valence-corrected chi connectivity index (χ0v) is 13.5. The van der Waals surface area contributed by atoms with E-state index in [9.17, 15) is 0 Å². The molecule has 2 aromatic carbocycles. The van der Waals surface area contributed by atoms with Crippen molar-refractivity contribution >= 4 is 16.9 Å². The first-order valence-electron chi connectivity index (χ1n) is 8.53. The second kappa shape index (κ2) is 5.28. The van der Waals surface area contributed by atoms with Gasteiger partial charge in [0.05, 0.1) is 29.4 Å². The molecule has 1 spiro atoms. The second-order valence-electron chi connectivity index (χ2n) is 6.64. The Morgan fingerprint density at radius 2 is 1.67 bits per heavy atom. The molecule has 0 radical (unpaired) electrons. The summed E-state index contributed by atoms with van der Waals surface area (Å²) in [7, 11) is 0. The first-order valence-corrected chi connectivity index (χ1v) is 8.53. The van der Waals surface area contributed by atoms with Crippen LogP contribution >= 0.6 is 0 Å². The molecule has 4 heteroatoms. The largest absolute Gasteiger partial charge is 0.365 e. The van der Waals surface area contributed by atoms with Gasteiger partial charge >= 0.3 is 0 Å². The fourth-order valence-corrected chi connectivity index (χ4v) is 3.99. The molecule has 0 aliphatic carbocycles. The van der Waals surface area contributed by atoms with Crippen LogP contribution in [0.25, 0.3) is 11.0 Å². The zero-order chi connectivity index (χ0) is 16.0. The first-order chi connectivity index (χ1) is 11.8. The molecule has 1 fully saturated rings. The maximum atomic E-state index is 6.24. The van der Waals surface area contributed by atoms with Gasteiger partial charge in [0.15, 0.2) is 0 Å². The smallest absolute Gasteiger partial charge is 0.147 e. The number of aromatic nitrogens is 2. The molecule has 1 saturated heterocycles. The van der Waals surface area contributed by atoms with E-state index < -0.39 is 0 Å². The topological polar surface area (TPSA) is 38.2 Å². The van der Waals surface area contributed by atoms with E-state index in [1.807, 2.05) is 30.5 Å². The lowest BCUT2D eigenvalue weighted by Gasteiger charge is -2.39. The van der Waals surface area contributed by atoms with Crippen molar-refractivity contribution in [3.63, 3.8) is 0 Å². The molecule has 1 aromatic heterocycles. The Morgan fingerprint density at radius 1 is 0.917 bits per heavy atom. The molecule has 0 saturated carbocycles. The Bertz CT molecular complexity index is 900. The van der Waals surface area contributed by atoms with Crippen LogP contribution in [0, 0.1) is 0 Å². The summed E-state index contributed by atoms with van der Waals surface area (Å²) >= 11 is 0. The fourth-order valence-electron chi connectivity index (χ4n) is 3.99. The lowest BCUT2D eigenvalue weighted by molar-refractivity contribution is -0.0551. The molecule has 0 amide bonds. The number of nitrogens with zero attached hydrogens (tertiary/aromatic N) is 3. The van der Waals surface area contributed by atoms with Gasteiger partial charge in [-0.1, -0.05) is 36.4 Å². The molecule has 0 atom stereocenters. The highest BCUT2D eigenvalue weighted by molar-refractivity contribution is 5.75. The summed E-state index contributed by atoms with van der Waals surface area (Å²) in [6.07, 6.45) is 3.89. The van der Waals surface area contributed by atoms with Crippen molar-refractivity contribution in [1.82, 2.24) is 9.97 Å². The Labute approximate surface area is 141 Å². The SMILES string of the molecule is c1ccc2c(c1)COC21CCN(c2cnc3ccccc3n2)CC1. The summed E-state index contributed by atoms with van der Waals surface area (Å²) in [5.74, 6) is 0.967. The molecule has 4 nitrogen and oxygen atoms in total. The van der Waals surface area contributed by atoms with E-state index in [4.69, 9.17) is 9.72 Å². The third-order valence-electron chi connectivity index (χ3n) is 5.34. The van der Waals surface area contributed by atoms with Gasteiger partial charge in [-0.15, -0.1) is 0 Å². The average Bonchev–Trinajstić information content (AvgIpc) is 3.01. The highest BCUT2D eigenvalue weighted by Gasteiger charge is 2.42. The van der Waals surface area contributed by atoms with E-state index in [1.165, 1.54) is 11.1 Å². The molecule has 0 unspecified atom stereocenters. The molecule has 5 rings (SSSR count). The first kappa shape index (κ1) is 13.9. The van der Waals surface area contributed by atoms with E-state index in [0.717, 1.165) is 49.4 Å². The van der Waals surface area contributed by atoms with E-state index in [2.05, 4.69) is 34.1 Å². The van der Waals surface area contributed by atoms with Crippen molar-refractivity contribution in [2.45, 2.75) is 25.0 Å². The van der Waals surface area contributed by atoms with Crippen LogP contribution in [0.3, 0.4) is 0 Å². The van der Waals surface area contributed by atoms with Gasteiger partial charge in [0.2, 0.25) is 0 Å². The number of fused-ring (bicyclic) bond motifs is 3. The van der Waals surface area contributed by atoms with Gasteiger partial charge in [0.1, 0.15) is 5.82 Å². The summed E-state index contributed by atoms with van der Waals surface area (Å²) in [6.45, 7) is 2.63. The number of para-hydroxylation sites is 2. The summed E-state index contributed by atoms with van der Waals surface area (Å²) in [4.78, 5) is 11.7. The molecule has 2 aliphatic rings. The minimum Gasteiger partial charge on any atom is -0.365 e. The highest BCUT2D eigenvalue weighted by Crippen LogP contribution is 2.44. The van der Waals surface area contributed by atoms with Gasteiger partial charge < -0.3 is 9.64 Å². The summed E-state index contributed by atoms with van der Waals surface area (Å²) in [5, 5.41) is 0. The average molecular weight is 317 g/mol. The molecular weight excluding hydrogens is 298 g/mol. The summed E-state index contributed by atoms with van der Waals surface area (Å²) < 4.78 is 6.24. The molecule has 0 N–H and O–H groups in total. The molecule has 120 valence electrons. The van der Waals surface area contributed by atoms with Gasteiger partial charge in [0.25, 0.3) is 0 Å². The van der Waals surface area contributed by atoms with Crippen LogP contribution in [0.5, 0.6) is 0 Å². The number of hydrogen-bond acceptors (Lipinski definition) is 4. The van der Waals surface area contributed by atoms with Crippen molar-refractivity contribution in [2.24, 2.45) is 0 Å². The third-order valence-corrected chi connectivity index (χ3v) is 5.34. The van der Waals surface area contributed by atoms with Gasteiger partial charge in [-0.2, -0.15) is 0 Å². The van der Waals surface area contributed by atoms with Crippen LogP contribution in [0.15, 0.2) is 54.7 Å². The molecule has 0 bridgehead atoms. The van der Waals surface area contributed by atoms with Crippen LogP contribution in [0.2, 0.25) is 0 Å². The van der Waals surface area contributed by atoms with E-state index >= 15 is 0 Å². The predicted molar refractivity (Wildman–Crippen MR) is 93.9 cm³/mol. The van der Waals surface area contributed by atoms with Crippen LogP contribution in [0.1, 0.15) is 24.0 Å². The van der Waals surface area contributed by atoms with Crippen LogP contribution in [0.4, 0.5) is 5.82 Å². The number of benzene rings is 2. The van der Waals surface area contributed by atoms with E-state index in [0.29, 0.717) is 0 Å². The standard InChI is InChI=1S/C20H19N3O/c1-2-6-16-15(5-1)14-24-20(16)9-11-23(12-10-20)19-13-21-17-7-3-4-8-18(17)22-19/h1-8,13H,9-12,14H2. The Hall–Kier alpha value is -2.46. The number of hydrogen-bond donors (Lipinski definition) is 0. The lowest BCUT2D eigenvalue weighted by atomic mass is 9.84. The second-order valence-corrected chi connectivity index (χ2v) is 6.64. The zero-order valence-electron chi connectivity index (χ0n) is 13.5. The highest BCUT2D eigenvalue weighted by atomic mass is 16.5. The van der Waals surface area contributed by atoms with Crippen molar-refractivity contribution in [3.8, 4) is 0 Å². The monoisotopic (exact) mass is 317 g/mol. The molecule has 24 heavy (non-hydrogen) atoms. The fraction of sp³-hybridized carbons (Fsp3) is 0.300. The minimum absolute atomic E-state index is 0.0998. The van der Waals surface area contributed by atoms with Gasteiger partial charge in [-0.05, 0) is 36.1 Å². The Morgan fingerprint density at radius 3 is 2.54 bits per heavy atom. The van der Waals surface area contributed by atoms with Crippen molar-refractivity contribution < 1.29 is 4.74 Å². The van der Waals surface area contributed by atoms with E-state index in [-0.39, 0.29) is 5.60 Å². The van der Waals surface area contributed by atoms with Crippen LogP contribution in [-0.2, 0) is 16.9 Å². The summed E-state index contributed by atoms with van der Waals surface area (Å²) in [5.41, 5.74) is 4.53. The maximum absolute atomic E-state index is 6.24. The number of anilines is 1. The summed E-state index contributed by atoms with van der Waals surface area (Å²) in [6, 6.07) is 16.7. The number of rotatable bonds is 1. The number of piperidine rings is 1. The Balaban J connectivity index is 1.40. The van der Waals surface area contributed by atoms with Crippen molar-refractivity contribution in [1.29, 1.82) is 0 Å². The Kier molecular flexibility index (Phi) is 3.06. The lowest BCUT2D eigenvalue weighted by Crippen LogP contribution is -2.42. The predicted octanol–water partition coefficient (Wildman–Crippen LogP) is 3.66. The van der Waals surface area contributed by atoms with Gasteiger partial charge in [-0.3, -0.25) is 4.98 Å². The molecular formula is C20H19N3O. The quantitative estimate of drug-likeness (QED) is 0.686. The maximum Gasteiger partial charge on any atom is 0.147 e. The number of ether oxygens (including phenoxy) is 1. The normalized spacial score (nSPS) is 18.9. The van der Waals surface area contributed by atoms with Crippen LogP contribution < -0.4 is 4.90 Å². The van der Waals surface area contributed by atoms with E-state index in [1.54, 1.807) is 0 Å². The molecule has 2 aliphatic heterocycles. The van der Waals surface area contributed by atoms with Crippen molar-refractivity contribution in [2.75, 3.05) is 18.0 Å². The van der Waals surface area contributed by atoms with Gasteiger partial charge in [-0.25, -0.2) is 4.98 Å². The van der Waals surface area contributed by atoms with Crippen molar-refractivity contribution in [3.05, 3.63) is 65.9 Å². The molecule has 3 aromatic rings. The van der Waals surface area contributed by atoms with Crippen LogP contribution in [-0.4, -0.2) is 23.1 Å².